The molecule has 0 aliphatic carbocycles. The maximum absolute atomic E-state index is 11.9. The second-order valence-electron chi connectivity index (χ2n) is 4.86. The largest absolute Gasteiger partial charge is 0.385 e. The molecule has 114 valence electrons. The van der Waals surface area contributed by atoms with Gasteiger partial charge in [-0.1, -0.05) is 0 Å². The zero-order valence-corrected chi connectivity index (χ0v) is 13.7. The van der Waals surface area contributed by atoms with Crippen LogP contribution in [0.4, 0.5) is 5.69 Å². The summed E-state index contributed by atoms with van der Waals surface area (Å²) in [6.07, 6.45) is 2.50. The van der Waals surface area contributed by atoms with Crippen LogP contribution < -0.4 is 10.0 Å². The van der Waals surface area contributed by atoms with Gasteiger partial charge in [0.05, 0.1) is 4.90 Å². The fraction of sp³-hybridized carbons (Fsp3) is 0.538. The van der Waals surface area contributed by atoms with Crippen molar-refractivity contribution in [3.05, 3.63) is 24.3 Å². The molecule has 0 saturated heterocycles. The first kappa shape index (κ1) is 17.1. The van der Waals surface area contributed by atoms with Gasteiger partial charge < -0.3 is 5.32 Å². The molecule has 0 aliphatic rings. The average Bonchev–Trinajstić information content (AvgIpc) is 2.33. The molecule has 1 unspecified atom stereocenters. The van der Waals surface area contributed by atoms with Crippen LogP contribution >= 0.6 is 0 Å². The van der Waals surface area contributed by atoms with Gasteiger partial charge in [-0.25, -0.2) is 13.1 Å². The summed E-state index contributed by atoms with van der Waals surface area (Å²) in [4.78, 5) is 0.256. The summed E-state index contributed by atoms with van der Waals surface area (Å²) in [7, 11) is -4.20. The van der Waals surface area contributed by atoms with E-state index in [1.54, 1.807) is 44.4 Å². The van der Waals surface area contributed by atoms with Crippen molar-refractivity contribution >= 4 is 26.5 Å². The van der Waals surface area contributed by atoms with Crippen LogP contribution in [0.25, 0.3) is 0 Å². The lowest BCUT2D eigenvalue weighted by Gasteiger charge is -2.10. The van der Waals surface area contributed by atoms with Crippen LogP contribution in [0.2, 0.25) is 0 Å². The zero-order valence-electron chi connectivity index (χ0n) is 12.0. The number of sulfonamides is 1. The van der Waals surface area contributed by atoms with Crippen LogP contribution in [-0.4, -0.2) is 37.2 Å². The molecule has 1 atom stereocenters. The van der Waals surface area contributed by atoms with Crippen LogP contribution in [0.3, 0.4) is 0 Å². The van der Waals surface area contributed by atoms with E-state index in [-0.39, 0.29) is 10.9 Å². The Bertz CT molecular complexity index is 539. The van der Waals surface area contributed by atoms with Crippen LogP contribution in [0, 0.1) is 0 Å². The lowest BCUT2D eigenvalue weighted by molar-refractivity contribution is 0.570. The van der Waals surface area contributed by atoms with Gasteiger partial charge in [0, 0.05) is 41.1 Å². The van der Waals surface area contributed by atoms with Gasteiger partial charge in [-0.3, -0.25) is 4.21 Å². The number of anilines is 1. The molecule has 1 aromatic carbocycles. The smallest absolute Gasteiger partial charge is 0.240 e. The average molecular weight is 318 g/mol. The fourth-order valence-electron chi connectivity index (χ4n) is 1.64. The van der Waals surface area contributed by atoms with E-state index < -0.39 is 20.8 Å². The summed E-state index contributed by atoms with van der Waals surface area (Å²) in [5, 5.41) is 3.17. The van der Waals surface area contributed by atoms with Gasteiger partial charge in [0.1, 0.15) is 0 Å². The van der Waals surface area contributed by atoms with Gasteiger partial charge in [-0.2, -0.15) is 0 Å². The Labute approximate surface area is 123 Å². The first-order valence-corrected chi connectivity index (χ1v) is 9.68. The first-order chi connectivity index (χ1) is 9.31. The number of nitrogens with one attached hydrogen (secondary N) is 2. The molecule has 0 aromatic heterocycles. The highest BCUT2D eigenvalue weighted by Gasteiger charge is 2.14. The van der Waals surface area contributed by atoms with E-state index in [2.05, 4.69) is 10.0 Å². The second-order valence-corrected chi connectivity index (χ2v) is 8.13. The number of hydrogen-bond acceptors (Lipinski definition) is 4. The third-order valence-corrected chi connectivity index (χ3v) is 5.03. The molecular formula is C13H22N2O3S2. The lowest BCUT2D eigenvalue weighted by atomic mass is 10.3. The van der Waals surface area contributed by atoms with Gasteiger partial charge >= 0.3 is 0 Å². The Morgan fingerprint density at radius 3 is 2.30 bits per heavy atom. The van der Waals surface area contributed by atoms with Gasteiger partial charge in [-0.15, -0.1) is 0 Å². The number of benzene rings is 1. The lowest BCUT2D eigenvalue weighted by Crippen LogP contribution is -2.30. The van der Waals surface area contributed by atoms with Gasteiger partial charge in [0.15, 0.2) is 0 Å². The molecule has 5 nitrogen and oxygen atoms in total. The number of rotatable bonds is 8. The van der Waals surface area contributed by atoms with Crippen molar-refractivity contribution in [1.29, 1.82) is 0 Å². The van der Waals surface area contributed by atoms with E-state index in [1.807, 2.05) is 0 Å². The van der Waals surface area contributed by atoms with Crippen molar-refractivity contribution in [3.63, 3.8) is 0 Å². The molecule has 0 saturated carbocycles. The minimum Gasteiger partial charge on any atom is -0.385 e. The van der Waals surface area contributed by atoms with Crippen molar-refractivity contribution in [1.82, 2.24) is 4.72 Å². The van der Waals surface area contributed by atoms with Gasteiger partial charge in [-0.05, 0) is 44.5 Å². The molecule has 0 amide bonds. The molecule has 0 fully saturated rings. The predicted molar refractivity (Wildman–Crippen MR) is 83.9 cm³/mol. The van der Waals surface area contributed by atoms with Crippen molar-refractivity contribution in [3.8, 4) is 0 Å². The molecule has 2 N–H and O–H groups in total. The summed E-state index contributed by atoms with van der Waals surface area (Å²) >= 11 is 0. The van der Waals surface area contributed by atoms with E-state index in [4.69, 9.17) is 0 Å². The van der Waals surface area contributed by atoms with Crippen molar-refractivity contribution < 1.29 is 12.6 Å². The number of hydrogen-bond donors (Lipinski definition) is 2. The van der Waals surface area contributed by atoms with Crippen LogP contribution in [0.1, 0.15) is 20.3 Å². The highest BCUT2D eigenvalue weighted by atomic mass is 32.2. The quantitative estimate of drug-likeness (QED) is 0.713. The summed E-state index contributed by atoms with van der Waals surface area (Å²) in [6.45, 7) is 4.28. The standard InChI is InChI=1S/C13H22N2O3S2/c1-11(2)15-20(17,18)13-7-5-12(6-8-13)14-9-4-10-19(3)16/h5-8,11,14-15H,4,9-10H2,1-3H3. The third kappa shape index (κ3) is 6.02. The predicted octanol–water partition coefficient (Wildman–Crippen LogP) is 1.55. The summed E-state index contributed by atoms with van der Waals surface area (Å²) in [5.41, 5.74) is 0.857. The van der Waals surface area contributed by atoms with Crippen LogP contribution in [-0.2, 0) is 20.8 Å². The summed E-state index contributed by atoms with van der Waals surface area (Å²) in [5.74, 6) is 0.664. The van der Waals surface area contributed by atoms with Crippen LogP contribution in [0.5, 0.6) is 0 Å². The van der Waals surface area contributed by atoms with Gasteiger partial charge in [0.25, 0.3) is 0 Å². The normalized spacial score (nSPS) is 13.4. The molecule has 0 spiro atoms. The summed E-state index contributed by atoms with van der Waals surface area (Å²) in [6, 6.07) is 6.48. The molecule has 1 rings (SSSR count). The SMILES string of the molecule is CC(C)NS(=O)(=O)c1ccc(NCCCS(C)=O)cc1. The molecule has 0 aliphatic heterocycles. The highest BCUT2D eigenvalue weighted by Crippen LogP contribution is 2.14. The Hall–Kier alpha value is -0.920. The molecule has 0 radical (unpaired) electrons. The highest BCUT2D eigenvalue weighted by molar-refractivity contribution is 7.89. The van der Waals surface area contributed by atoms with E-state index >= 15 is 0 Å². The molecule has 20 heavy (non-hydrogen) atoms. The van der Waals surface area contributed by atoms with E-state index in [0.717, 1.165) is 18.7 Å². The zero-order chi connectivity index (χ0) is 15.2. The molecule has 0 heterocycles. The minimum absolute atomic E-state index is 0.132. The maximum Gasteiger partial charge on any atom is 0.240 e. The van der Waals surface area contributed by atoms with E-state index in [9.17, 15) is 12.6 Å². The fourth-order valence-corrected chi connectivity index (χ4v) is 3.44. The van der Waals surface area contributed by atoms with Crippen LogP contribution in [0.15, 0.2) is 29.2 Å². The van der Waals surface area contributed by atoms with E-state index in [0.29, 0.717) is 5.75 Å². The Morgan fingerprint density at radius 1 is 1.20 bits per heavy atom. The monoisotopic (exact) mass is 318 g/mol. The summed E-state index contributed by atoms with van der Waals surface area (Å²) < 4.78 is 37.3. The topological polar surface area (TPSA) is 75.3 Å². The van der Waals surface area contributed by atoms with Crippen molar-refractivity contribution in [2.45, 2.75) is 31.2 Å². The maximum atomic E-state index is 11.9. The third-order valence-electron chi connectivity index (χ3n) is 2.49. The first-order valence-electron chi connectivity index (χ1n) is 6.47. The minimum atomic E-state index is -3.43. The Morgan fingerprint density at radius 2 is 1.80 bits per heavy atom. The Balaban J connectivity index is 2.58. The molecule has 0 bridgehead atoms. The molecule has 7 heteroatoms. The van der Waals surface area contributed by atoms with Crippen molar-refractivity contribution in [2.75, 3.05) is 23.9 Å². The van der Waals surface area contributed by atoms with Gasteiger partial charge in [0.2, 0.25) is 10.0 Å². The molecule has 1 aromatic rings. The van der Waals surface area contributed by atoms with Crippen molar-refractivity contribution in [2.24, 2.45) is 0 Å². The Kier molecular flexibility index (Phi) is 6.64. The second kappa shape index (κ2) is 7.75. The van der Waals surface area contributed by atoms with E-state index in [1.165, 1.54) is 0 Å². The molecular weight excluding hydrogens is 296 g/mol.